The molecule has 1 atom stereocenters. The summed E-state index contributed by atoms with van der Waals surface area (Å²) in [6, 6.07) is 0. The third kappa shape index (κ3) is 3.92. The van der Waals surface area contributed by atoms with E-state index in [1.807, 2.05) is 0 Å². The second-order valence-corrected chi connectivity index (χ2v) is 1.12. The van der Waals surface area contributed by atoms with Gasteiger partial charge in [0.2, 0.25) is 6.36 Å². The number of halogens is 3. The zero-order valence-corrected chi connectivity index (χ0v) is 4.24. The summed E-state index contributed by atoms with van der Waals surface area (Å²) in [5, 5.41) is 0. The molecule has 0 fully saturated rings. The molecular formula is C4H7F3O. The highest BCUT2D eigenvalue weighted by Gasteiger charge is 2.02. The topological polar surface area (TPSA) is 9.23 Å². The van der Waals surface area contributed by atoms with Crippen LogP contribution in [-0.2, 0) is 4.74 Å². The largest absolute Gasteiger partial charge is 0.343 e. The molecule has 0 aromatic carbocycles. The van der Waals surface area contributed by atoms with Gasteiger partial charge in [-0.2, -0.15) is 0 Å². The minimum absolute atomic E-state index is 0.370. The van der Waals surface area contributed by atoms with Crippen molar-refractivity contribution in [3.8, 4) is 0 Å². The second kappa shape index (κ2) is 4.90. The number of rotatable bonds is 4. The van der Waals surface area contributed by atoms with Crippen LogP contribution in [0.25, 0.3) is 0 Å². The van der Waals surface area contributed by atoms with Crippen LogP contribution in [0.2, 0.25) is 0 Å². The Balaban J connectivity index is 2.86. The summed E-state index contributed by atoms with van der Waals surface area (Å²) in [5.74, 6) is 0. The highest BCUT2D eigenvalue weighted by molar-refractivity contribution is 4.34. The van der Waals surface area contributed by atoms with Gasteiger partial charge < -0.3 is 4.74 Å². The predicted molar refractivity (Wildman–Crippen MR) is 22.8 cm³/mol. The van der Waals surface area contributed by atoms with Gasteiger partial charge in [0.15, 0.2) is 0 Å². The Bertz CT molecular complexity index is 50.5. The molecule has 0 aliphatic heterocycles. The van der Waals surface area contributed by atoms with E-state index in [4.69, 9.17) is 0 Å². The molecule has 0 aliphatic rings. The van der Waals surface area contributed by atoms with Gasteiger partial charge in [0.1, 0.15) is 13.3 Å². The highest BCUT2D eigenvalue weighted by atomic mass is 19.2. The zero-order chi connectivity index (χ0) is 6.41. The van der Waals surface area contributed by atoms with Crippen LogP contribution in [0.1, 0.15) is 0 Å². The smallest absolute Gasteiger partial charge is 0.227 e. The minimum Gasteiger partial charge on any atom is -0.343 e. The fourth-order valence-electron chi connectivity index (χ4n) is 0.217. The normalized spacial score (nSPS) is 13.9. The van der Waals surface area contributed by atoms with Gasteiger partial charge in [-0.25, -0.2) is 13.2 Å². The summed E-state index contributed by atoms with van der Waals surface area (Å²) >= 11 is 0. The van der Waals surface area contributed by atoms with Gasteiger partial charge in [0, 0.05) is 0 Å². The van der Waals surface area contributed by atoms with Gasteiger partial charge in [-0.3, -0.25) is 0 Å². The maximum Gasteiger partial charge on any atom is 0.227 e. The van der Waals surface area contributed by atoms with Crippen molar-refractivity contribution in [2.45, 2.75) is 6.36 Å². The Hall–Kier alpha value is -0.250. The molecule has 8 heavy (non-hydrogen) atoms. The van der Waals surface area contributed by atoms with E-state index >= 15 is 0 Å². The zero-order valence-electron chi connectivity index (χ0n) is 4.24. The van der Waals surface area contributed by atoms with E-state index in [0.717, 1.165) is 0 Å². The summed E-state index contributed by atoms with van der Waals surface area (Å²) < 4.78 is 37.6. The molecule has 0 aromatic heterocycles. The molecule has 0 spiro atoms. The summed E-state index contributed by atoms with van der Waals surface area (Å²) in [5.41, 5.74) is 0. The SMILES string of the molecule is FCCOC(F)CF. The average molecular weight is 128 g/mol. The molecule has 0 heterocycles. The first kappa shape index (κ1) is 7.75. The lowest BCUT2D eigenvalue weighted by molar-refractivity contribution is -0.0556. The van der Waals surface area contributed by atoms with Crippen molar-refractivity contribution in [2.75, 3.05) is 20.0 Å². The van der Waals surface area contributed by atoms with Gasteiger partial charge in [-0.05, 0) is 0 Å². The lowest BCUT2D eigenvalue weighted by Crippen LogP contribution is -2.10. The maximum absolute atomic E-state index is 11.6. The van der Waals surface area contributed by atoms with Crippen LogP contribution in [0.5, 0.6) is 0 Å². The van der Waals surface area contributed by atoms with Crippen molar-refractivity contribution in [3.05, 3.63) is 0 Å². The van der Waals surface area contributed by atoms with Crippen LogP contribution in [0.4, 0.5) is 13.2 Å². The number of hydrogen-bond acceptors (Lipinski definition) is 1. The van der Waals surface area contributed by atoms with E-state index in [2.05, 4.69) is 4.74 Å². The third-order valence-electron chi connectivity index (χ3n) is 0.497. The van der Waals surface area contributed by atoms with Crippen LogP contribution < -0.4 is 0 Å². The van der Waals surface area contributed by atoms with Gasteiger partial charge >= 0.3 is 0 Å². The van der Waals surface area contributed by atoms with Gasteiger partial charge in [-0.15, -0.1) is 0 Å². The van der Waals surface area contributed by atoms with E-state index in [9.17, 15) is 13.2 Å². The molecule has 0 radical (unpaired) electrons. The summed E-state index contributed by atoms with van der Waals surface area (Å²) in [4.78, 5) is 0. The minimum atomic E-state index is -1.95. The average Bonchev–Trinajstić information content (AvgIpc) is 1.83. The first-order valence-corrected chi connectivity index (χ1v) is 2.19. The molecular weight excluding hydrogens is 121 g/mol. The Labute approximate surface area is 45.4 Å². The Morgan fingerprint density at radius 3 is 2.38 bits per heavy atom. The summed E-state index contributed by atoms with van der Waals surface area (Å²) in [6.07, 6.45) is -1.95. The van der Waals surface area contributed by atoms with Gasteiger partial charge in [0.25, 0.3) is 0 Å². The third-order valence-corrected chi connectivity index (χ3v) is 0.497. The van der Waals surface area contributed by atoms with E-state index in [1.54, 1.807) is 0 Å². The van der Waals surface area contributed by atoms with Crippen LogP contribution >= 0.6 is 0 Å². The molecule has 0 N–H and O–H groups in total. The van der Waals surface area contributed by atoms with E-state index in [1.165, 1.54) is 0 Å². The molecule has 0 aromatic rings. The van der Waals surface area contributed by atoms with Crippen LogP contribution in [0.15, 0.2) is 0 Å². The molecule has 1 nitrogen and oxygen atoms in total. The quantitative estimate of drug-likeness (QED) is 0.553. The highest BCUT2D eigenvalue weighted by Crippen LogP contribution is 1.92. The van der Waals surface area contributed by atoms with E-state index in [-0.39, 0.29) is 6.61 Å². The van der Waals surface area contributed by atoms with E-state index < -0.39 is 19.7 Å². The first-order chi connectivity index (χ1) is 3.81. The standard InChI is InChI=1S/C4H7F3O/c5-1-2-8-4(7)3-6/h4H,1-3H2. The Morgan fingerprint density at radius 1 is 1.38 bits per heavy atom. The molecule has 0 aliphatic carbocycles. The number of alkyl halides is 3. The monoisotopic (exact) mass is 128 g/mol. The molecule has 0 rings (SSSR count). The van der Waals surface area contributed by atoms with Crippen LogP contribution in [0, 0.1) is 0 Å². The van der Waals surface area contributed by atoms with Crippen LogP contribution in [0.3, 0.4) is 0 Å². The molecule has 50 valence electrons. The fraction of sp³-hybridized carbons (Fsp3) is 1.00. The molecule has 4 heteroatoms. The molecule has 0 amide bonds. The number of ether oxygens (including phenoxy) is 1. The van der Waals surface area contributed by atoms with Crippen LogP contribution in [-0.4, -0.2) is 26.3 Å². The summed E-state index contributed by atoms with van der Waals surface area (Å²) in [6.45, 7) is -2.36. The molecule has 1 unspecified atom stereocenters. The maximum atomic E-state index is 11.6. The lowest BCUT2D eigenvalue weighted by Gasteiger charge is -2.00. The van der Waals surface area contributed by atoms with Crippen molar-refractivity contribution in [2.24, 2.45) is 0 Å². The van der Waals surface area contributed by atoms with Gasteiger partial charge in [0.05, 0.1) is 6.61 Å². The second-order valence-electron chi connectivity index (χ2n) is 1.12. The van der Waals surface area contributed by atoms with E-state index in [0.29, 0.717) is 0 Å². The summed E-state index contributed by atoms with van der Waals surface area (Å²) in [7, 11) is 0. The molecule has 0 saturated carbocycles. The Kier molecular flexibility index (Phi) is 4.75. The van der Waals surface area contributed by atoms with Gasteiger partial charge in [-0.1, -0.05) is 0 Å². The van der Waals surface area contributed by atoms with Crippen molar-refractivity contribution < 1.29 is 17.9 Å². The molecule has 0 bridgehead atoms. The molecule has 0 saturated heterocycles. The Morgan fingerprint density at radius 2 is 2.00 bits per heavy atom. The first-order valence-electron chi connectivity index (χ1n) is 2.19. The van der Waals surface area contributed by atoms with Crippen molar-refractivity contribution in [1.82, 2.24) is 0 Å². The lowest BCUT2D eigenvalue weighted by atomic mass is 10.7. The van der Waals surface area contributed by atoms with Crippen molar-refractivity contribution >= 4 is 0 Å². The number of hydrogen-bond donors (Lipinski definition) is 0. The predicted octanol–water partition coefficient (Wildman–Crippen LogP) is 1.24. The fourth-order valence-corrected chi connectivity index (χ4v) is 0.217. The van der Waals surface area contributed by atoms with Crippen molar-refractivity contribution in [3.63, 3.8) is 0 Å². The van der Waals surface area contributed by atoms with Crippen molar-refractivity contribution in [1.29, 1.82) is 0 Å².